The summed E-state index contributed by atoms with van der Waals surface area (Å²) in [5.41, 5.74) is 0.766. The number of aliphatic hydroxyl groups excluding tert-OH is 1. The van der Waals surface area contributed by atoms with E-state index >= 15 is 0 Å². The highest BCUT2D eigenvalue weighted by Crippen LogP contribution is 2.40. The molecule has 2 aromatic heterocycles. The molecule has 166 valence electrons. The molecule has 0 aliphatic heterocycles. The topological polar surface area (TPSA) is 119 Å². The second kappa shape index (κ2) is 7.70. The van der Waals surface area contributed by atoms with E-state index < -0.39 is 15.6 Å². The van der Waals surface area contributed by atoms with E-state index in [1.807, 2.05) is 11.4 Å². The van der Waals surface area contributed by atoms with E-state index in [-0.39, 0.29) is 22.8 Å². The van der Waals surface area contributed by atoms with Gasteiger partial charge in [0.05, 0.1) is 17.0 Å². The van der Waals surface area contributed by atoms with Gasteiger partial charge in [0.1, 0.15) is 10.4 Å². The number of benzene rings is 2. The number of aromatic hydroxyl groups is 1. The molecular formula is C23H22N2O5S2. The van der Waals surface area contributed by atoms with E-state index in [0.29, 0.717) is 39.6 Å². The molecule has 1 saturated carbocycles. The maximum Gasteiger partial charge on any atom is 0.266 e. The number of phenols is 1. The molecule has 32 heavy (non-hydrogen) atoms. The number of aliphatic hydroxyl groups is 1. The van der Waals surface area contributed by atoms with Crippen LogP contribution in [-0.4, -0.2) is 35.8 Å². The van der Waals surface area contributed by atoms with Crippen LogP contribution in [-0.2, 0) is 10.0 Å². The third-order valence-electron chi connectivity index (χ3n) is 6.24. The second-order valence-electron chi connectivity index (χ2n) is 8.28. The quantitative estimate of drug-likeness (QED) is 0.355. The number of hydrogen-bond acceptors (Lipinski definition) is 6. The van der Waals surface area contributed by atoms with Crippen LogP contribution in [0.5, 0.6) is 5.75 Å². The van der Waals surface area contributed by atoms with E-state index in [4.69, 9.17) is 0 Å². The number of aromatic amines is 1. The van der Waals surface area contributed by atoms with Crippen LogP contribution < -0.4 is 10.3 Å². The average Bonchev–Trinajstić information content (AvgIpc) is 3.45. The molecule has 0 radical (unpaired) electrons. The molecule has 0 atom stereocenters. The first-order valence-corrected chi connectivity index (χ1v) is 12.7. The van der Waals surface area contributed by atoms with E-state index in [1.165, 1.54) is 29.5 Å². The number of rotatable bonds is 5. The largest absolute Gasteiger partial charge is 0.507 e. The summed E-state index contributed by atoms with van der Waals surface area (Å²) in [5, 5.41) is 23.7. The van der Waals surface area contributed by atoms with Gasteiger partial charge in [-0.25, -0.2) is 13.1 Å². The van der Waals surface area contributed by atoms with Crippen LogP contribution in [0.15, 0.2) is 57.5 Å². The zero-order chi connectivity index (χ0) is 22.5. The number of phenolic OH excluding ortho intramolecular Hbond substituents is 1. The van der Waals surface area contributed by atoms with E-state index in [1.54, 1.807) is 18.2 Å². The fourth-order valence-corrected chi connectivity index (χ4v) is 6.86. The second-order valence-corrected chi connectivity index (χ2v) is 10.9. The molecule has 0 bridgehead atoms. The highest BCUT2D eigenvalue weighted by atomic mass is 32.2. The highest BCUT2D eigenvalue weighted by molar-refractivity contribution is 7.89. The fourth-order valence-electron chi connectivity index (χ4n) is 4.62. The van der Waals surface area contributed by atoms with E-state index in [9.17, 15) is 23.4 Å². The smallest absolute Gasteiger partial charge is 0.266 e. The number of fused-ring (bicyclic) bond motifs is 3. The van der Waals surface area contributed by atoms with Gasteiger partial charge in [-0.1, -0.05) is 25.0 Å². The highest BCUT2D eigenvalue weighted by Gasteiger charge is 2.37. The first kappa shape index (κ1) is 21.1. The minimum Gasteiger partial charge on any atom is -0.507 e. The molecule has 1 fully saturated rings. The molecule has 1 aliphatic carbocycles. The van der Waals surface area contributed by atoms with Crippen LogP contribution >= 0.6 is 11.3 Å². The Balaban J connectivity index is 1.60. The lowest BCUT2D eigenvalue weighted by Crippen LogP contribution is -2.49. The molecule has 2 heterocycles. The van der Waals surface area contributed by atoms with Crippen molar-refractivity contribution >= 4 is 42.3 Å². The van der Waals surface area contributed by atoms with Crippen molar-refractivity contribution in [1.29, 1.82) is 0 Å². The number of aromatic nitrogens is 1. The molecule has 7 nitrogen and oxygen atoms in total. The van der Waals surface area contributed by atoms with Crippen molar-refractivity contribution in [3.63, 3.8) is 0 Å². The third-order valence-corrected chi connectivity index (χ3v) is 8.75. The lowest BCUT2D eigenvalue weighted by molar-refractivity contribution is 0.185. The predicted molar refractivity (Wildman–Crippen MR) is 126 cm³/mol. The van der Waals surface area contributed by atoms with Gasteiger partial charge in [-0.3, -0.25) is 4.79 Å². The normalized spacial score (nSPS) is 16.2. The Morgan fingerprint density at radius 1 is 1.06 bits per heavy atom. The summed E-state index contributed by atoms with van der Waals surface area (Å²) in [4.78, 5) is 15.3. The predicted octanol–water partition coefficient (Wildman–Crippen LogP) is 3.70. The summed E-state index contributed by atoms with van der Waals surface area (Å²) in [6.07, 6.45) is 2.97. The summed E-state index contributed by atoms with van der Waals surface area (Å²) in [6.45, 7) is -0.233. The van der Waals surface area contributed by atoms with Crippen LogP contribution in [0.4, 0.5) is 0 Å². The Bertz CT molecular complexity index is 1480. The molecule has 0 amide bonds. The molecule has 0 spiro atoms. The monoisotopic (exact) mass is 470 g/mol. The van der Waals surface area contributed by atoms with Gasteiger partial charge in [0, 0.05) is 21.9 Å². The standard InChI is InChI=1S/C23H22N2O5S2/c26-13-23(10-1-2-11-23)25-32(29,30)15-5-3-14(4-6-15)19-18(27)8-7-17-20(19)16-9-12-31-21(16)22(28)24-17/h3-9,12,25-27H,1-2,10-11,13H2,(H,24,28). The Labute approximate surface area is 188 Å². The minimum absolute atomic E-state index is 0.0379. The van der Waals surface area contributed by atoms with Crippen LogP contribution in [0.2, 0.25) is 0 Å². The van der Waals surface area contributed by atoms with E-state index in [2.05, 4.69) is 9.71 Å². The van der Waals surface area contributed by atoms with Gasteiger partial charge in [0.25, 0.3) is 5.56 Å². The van der Waals surface area contributed by atoms with Crippen molar-refractivity contribution in [2.75, 3.05) is 6.61 Å². The van der Waals surface area contributed by atoms with Crippen molar-refractivity contribution < 1.29 is 18.6 Å². The third kappa shape index (κ3) is 3.41. The summed E-state index contributed by atoms with van der Waals surface area (Å²) in [7, 11) is -3.82. The van der Waals surface area contributed by atoms with Gasteiger partial charge >= 0.3 is 0 Å². The molecule has 1 aliphatic rings. The Morgan fingerprint density at radius 2 is 1.78 bits per heavy atom. The molecule has 4 aromatic rings. The number of sulfonamides is 1. The molecule has 2 aromatic carbocycles. The number of hydrogen-bond donors (Lipinski definition) is 4. The molecule has 0 saturated heterocycles. The lowest BCUT2D eigenvalue weighted by Gasteiger charge is -2.27. The Hall–Kier alpha value is -2.72. The number of pyridine rings is 1. The summed E-state index contributed by atoms with van der Waals surface area (Å²) < 4.78 is 29.2. The Kier molecular flexibility index (Phi) is 5.09. The van der Waals surface area contributed by atoms with Crippen molar-refractivity contribution in [3.05, 3.63) is 58.2 Å². The number of nitrogens with one attached hydrogen (secondary N) is 2. The van der Waals surface area contributed by atoms with Crippen LogP contribution in [0.3, 0.4) is 0 Å². The van der Waals surface area contributed by atoms with Gasteiger partial charge in [0.2, 0.25) is 10.0 Å². The molecule has 4 N–H and O–H groups in total. The first-order chi connectivity index (χ1) is 15.3. The molecule has 9 heteroatoms. The zero-order valence-corrected chi connectivity index (χ0v) is 18.7. The number of thiophene rings is 1. The zero-order valence-electron chi connectivity index (χ0n) is 17.1. The van der Waals surface area contributed by atoms with Gasteiger partial charge < -0.3 is 15.2 Å². The van der Waals surface area contributed by atoms with Gasteiger partial charge in [-0.2, -0.15) is 0 Å². The minimum atomic E-state index is -3.82. The maximum absolute atomic E-state index is 12.9. The maximum atomic E-state index is 12.9. The first-order valence-electron chi connectivity index (χ1n) is 10.3. The summed E-state index contributed by atoms with van der Waals surface area (Å²) >= 11 is 1.33. The van der Waals surface area contributed by atoms with Gasteiger partial charge in [-0.15, -0.1) is 11.3 Å². The average molecular weight is 471 g/mol. The van der Waals surface area contributed by atoms with Crippen molar-refractivity contribution in [3.8, 4) is 16.9 Å². The number of H-pyrrole nitrogens is 1. The van der Waals surface area contributed by atoms with Crippen molar-refractivity contribution in [2.24, 2.45) is 0 Å². The van der Waals surface area contributed by atoms with Crippen molar-refractivity contribution in [2.45, 2.75) is 36.1 Å². The van der Waals surface area contributed by atoms with E-state index in [0.717, 1.165) is 18.2 Å². The molecule has 0 unspecified atom stereocenters. The lowest BCUT2D eigenvalue weighted by atomic mass is 9.97. The molecular weight excluding hydrogens is 448 g/mol. The Morgan fingerprint density at radius 3 is 2.47 bits per heavy atom. The van der Waals surface area contributed by atoms with Crippen LogP contribution in [0.25, 0.3) is 32.1 Å². The van der Waals surface area contributed by atoms with Gasteiger partial charge in [0.15, 0.2) is 0 Å². The summed E-state index contributed by atoms with van der Waals surface area (Å²) in [5.74, 6) is 0.0379. The fraction of sp³-hybridized carbons (Fsp3) is 0.261. The summed E-state index contributed by atoms with van der Waals surface area (Å²) in [6, 6.07) is 11.3. The van der Waals surface area contributed by atoms with Gasteiger partial charge in [-0.05, 0) is 54.1 Å². The van der Waals surface area contributed by atoms with Crippen LogP contribution in [0.1, 0.15) is 25.7 Å². The van der Waals surface area contributed by atoms with Crippen molar-refractivity contribution in [1.82, 2.24) is 9.71 Å². The van der Waals surface area contributed by atoms with Crippen LogP contribution in [0, 0.1) is 0 Å². The SMILES string of the molecule is O=c1[nH]c2ccc(O)c(-c3ccc(S(=O)(=O)NC4(CO)CCCC4)cc3)c2c2ccsc12. The molecule has 5 rings (SSSR count).